The molecule has 0 saturated carbocycles. The molecule has 0 spiro atoms. The van der Waals surface area contributed by atoms with Gasteiger partial charge < -0.3 is 14.2 Å². The zero-order chi connectivity index (χ0) is 38.7. The zero-order valence-corrected chi connectivity index (χ0v) is 35.8. The van der Waals surface area contributed by atoms with E-state index < -0.39 is 6.10 Å². The summed E-state index contributed by atoms with van der Waals surface area (Å²) < 4.78 is 16.7. The molecule has 6 heteroatoms. The molecule has 0 bridgehead atoms. The van der Waals surface area contributed by atoms with Crippen molar-refractivity contribution >= 4 is 17.9 Å². The molecule has 0 heterocycles. The topological polar surface area (TPSA) is 78.9 Å². The van der Waals surface area contributed by atoms with Gasteiger partial charge in [-0.25, -0.2) is 0 Å². The molecule has 0 saturated heterocycles. The lowest BCUT2D eigenvalue weighted by Gasteiger charge is -2.18. The van der Waals surface area contributed by atoms with E-state index in [0.717, 1.165) is 57.8 Å². The van der Waals surface area contributed by atoms with Crippen LogP contribution in [0.3, 0.4) is 0 Å². The van der Waals surface area contributed by atoms with Crippen LogP contribution in [0.5, 0.6) is 0 Å². The Bertz CT molecular complexity index is 783. The second-order valence-corrected chi connectivity index (χ2v) is 16.0. The van der Waals surface area contributed by atoms with Crippen molar-refractivity contribution < 1.29 is 28.6 Å². The number of unbranched alkanes of at least 4 members (excludes halogenated alkanes) is 32. The number of hydrogen-bond acceptors (Lipinski definition) is 6. The van der Waals surface area contributed by atoms with Crippen LogP contribution in [-0.2, 0) is 28.6 Å². The van der Waals surface area contributed by atoms with Gasteiger partial charge in [-0.1, -0.05) is 226 Å². The Morgan fingerprint density at radius 1 is 0.302 bits per heavy atom. The van der Waals surface area contributed by atoms with Crippen LogP contribution in [0, 0.1) is 0 Å². The standard InChI is InChI=1S/C47H90O6/c1-4-7-10-13-16-19-21-22-23-24-25-26-29-32-35-38-41-47(50)53-44(42-51-45(48)39-36-33-30-27-18-15-12-9-6-3)43-52-46(49)40-37-34-31-28-20-17-14-11-8-5-2/h44H,4-43H2,1-3H3/t44-/m0/s1. The molecule has 0 rings (SSSR count). The van der Waals surface area contributed by atoms with Crippen LogP contribution in [0.15, 0.2) is 0 Å². The summed E-state index contributed by atoms with van der Waals surface area (Å²) in [6, 6.07) is 0. The van der Waals surface area contributed by atoms with Crippen LogP contribution >= 0.6 is 0 Å². The SMILES string of the molecule is CCCCCCCCCCCCCCCCCCC(=O)O[C@@H](COC(=O)CCCCCCCCCCC)COC(=O)CCCCCCCCCCCC. The molecule has 0 radical (unpaired) electrons. The van der Waals surface area contributed by atoms with E-state index in [9.17, 15) is 14.4 Å². The van der Waals surface area contributed by atoms with Crippen LogP contribution in [-0.4, -0.2) is 37.2 Å². The largest absolute Gasteiger partial charge is 0.462 e. The smallest absolute Gasteiger partial charge is 0.306 e. The normalized spacial score (nSPS) is 11.8. The second-order valence-electron chi connectivity index (χ2n) is 16.0. The van der Waals surface area contributed by atoms with Crippen LogP contribution < -0.4 is 0 Å². The molecule has 0 aromatic carbocycles. The average Bonchev–Trinajstić information content (AvgIpc) is 3.15. The predicted octanol–water partition coefficient (Wildman–Crippen LogP) is 14.9. The Morgan fingerprint density at radius 2 is 0.509 bits per heavy atom. The fraction of sp³-hybridized carbons (Fsp3) is 0.936. The molecule has 0 aliphatic heterocycles. The molecule has 6 nitrogen and oxygen atoms in total. The van der Waals surface area contributed by atoms with Gasteiger partial charge in [0.2, 0.25) is 0 Å². The molecule has 0 amide bonds. The number of rotatable bonds is 43. The number of carbonyl (C=O) groups is 3. The molecule has 0 aliphatic carbocycles. The monoisotopic (exact) mass is 751 g/mol. The van der Waals surface area contributed by atoms with Gasteiger partial charge in [-0.05, 0) is 19.3 Å². The first kappa shape index (κ1) is 51.4. The van der Waals surface area contributed by atoms with Gasteiger partial charge in [0.1, 0.15) is 13.2 Å². The Morgan fingerprint density at radius 3 is 0.755 bits per heavy atom. The lowest BCUT2D eigenvalue weighted by molar-refractivity contribution is -0.167. The van der Waals surface area contributed by atoms with E-state index in [0.29, 0.717) is 19.3 Å². The molecular weight excluding hydrogens is 661 g/mol. The van der Waals surface area contributed by atoms with Gasteiger partial charge in [-0.3, -0.25) is 14.4 Å². The lowest BCUT2D eigenvalue weighted by Crippen LogP contribution is -2.30. The van der Waals surface area contributed by atoms with Gasteiger partial charge in [-0.2, -0.15) is 0 Å². The molecule has 0 unspecified atom stereocenters. The summed E-state index contributed by atoms with van der Waals surface area (Å²) >= 11 is 0. The molecule has 0 aromatic heterocycles. The van der Waals surface area contributed by atoms with Crippen molar-refractivity contribution in [1.82, 2.24) is 0 Å². The molecule has 0 aliphatic rings. The summed E-state index contributed by atoms with van der Waals surface area (Å²) in [5, 5.41) is 0. The molecule has 53 heavy (non-hydrogen) atoms. The minimum absolute atomic E-state index is 0.0629. The Hall–Kier alpha value is -1.59. The molecule has 0 aromatic rings. The van der Waals surface area contributed by atoms with E-state index in [4.69, 9.17) is 14.2 Å². The van der Waals surface area contributed by atoms with Crippen molar-refractivity contribution in [3.05, 3.63) is 0 Å². The Balaban J connectivity index is 4.27. The highest BCUT2D eigenvalue weighted by molar-refractivity contribution is 5.71. The first-order valence-corrected chi connectivity index (χ1v) is 23.5. The molecule has 314 valence electrons. The van der Waals surface area contributed by atoms with E-state index in [1.54, 1.807) is 0 Å². The quantitative estimate of drug-likeness (QED) is 0.0351. The Labute approximate surface area is 329 Å². The number of ether oxygens (including phenoxy) is 3. The van der Waals surface area contributed by atoms with Gasteiger partial charge in [0.25, 0.3) is 0 Å². The maximum Gasteiger partial charge on any atom is 0.306 e. The molecular formula is C47H90O6. The van der Waals surface area contributed by atoms with Crippen LogP contribution in [0.1, 0.15) is 265 Å². The maximum absolute atomic E-state index is 12.7. The minimum atomic E-state index is -0.757. The number of carbonyl (C=O) groups excluding carboxylic acids is 3. The van der Waals surface area contributed by atoms with Gasteiger partial charge in [-0.15, -0.1) is 0 Å². The van der Waals surface area contributed by atoms with Gasteiger partial charge >= 0.3 is 17.9 Å². The third kappa shape index (κ3) is 41.4. The highest BCUT2D eigenvalue weighted by Gasteiger charge is 2.19. The van der Waals surface area contributed by atoms with Crippen molar-refractivity contribution in [2.45, 2.75) is 271 Å². The Kier molecular flexibility index (Phi) is 41.8. The van der Waals surface area contributed by atoms with E-state index in [1.807, 2.05) is 0 Å². The van der Waals surface area contributed by atoms with Crippen molar-refractivity contribution in [3.63, 3.8) is 0 Å². The van der Waals surface area contributed by atoms with Crippen molar-refractivity contribution in [2.75, 3.05) is 13.2 Å². The molecule has 0 N–H and O–H groups in total. The van der Waals surface area contributed by atoms with E-state index in [2.05, 4.69) is 20.8 Å². The first-order valence-electron chi connectivity index (χ1n) is 23.5. The third-order valence-electron chi connectivity index (χ3n) is 10.6. The van der Waals surface area contributed by atoms with Gasteiger partial charge in [0, 0.05) is 19.3 Å². The van der Waals surface area contributed by atoms with Crippen LogP contribution in [0.4, 0.5) is 0 Å². The van der Waals surface area contributed by atoms with Crippen molar-refractivity contribution in [3.8, 4) is 0 Å². The number of hydrogen-bond donors (Lipinski definition) is 0. The summed E-state index contributed by atoms with van der Waals surface area (Å²) in [7, 11) is 0. The van der Waals surface area contributed by atoms with Gasteiger partial charge in [0.15, 0.2) is 6.10 Å². The van der Waals surface area contributed by atoms with E-state index >= 15 is 0 Å². The second kappa shape index (κ2) is 43.1. The average molecular weight is 751 g/mol. The van der Waals surface area contributed by atoms with Crippen LogP contribution in [0.2, 0.25) is 0 Å². The van der Waals surface area contributed by atoms with E-state index in [1.165, 1.54) is 167 Å². The highest BCUT2D eigenvalue weighted by Crippen LogP contribution is 2.16. The first-order chi connectivity index (χ1) is 26.0. The summed E-state index contributed by atoms with van der Waals surface area (Å²) in [4.78, 5) is 37.6. The lowest BCUT2D eigenvalue weighted by atomic mass is 10.0. The van der Waals surface area contributed by atoms with Gasteiger partial charge in [0.05, 0.1) is 0 Å². The van der Waals surface area contributed by atoms with Crippen molar-refractivity contribution in [2.24, 2.45) is 0 Å². The van der Waals surface area contributed by atoms with E-state index in [-0.39, 0.29) is 31.1 Å². The highest BCUT2D eigenvalue weighted by atomic mass is 16.6. The minimum Gasteiger partial charge on any atom is -0.462 e. The summed E-state index contributed by atoms with van der Waals surface area (Å²) in [5.41, 5.74) is 0. The summed E-state index contributed by atoms with van der Waals surface area (Å²) in [5.74, 6) is -0.853. The fourth-order valence-corrected chi connectivity index (χ4v) is 7.03. The fourth-order valence-electron chi connectivity index (χ4n) is 7.03. The molecule has 0 fully saturated rings. The number of esters is 3. The predicted molar refractivity (Wildman–Crippen MR) is 224 cm³/mol. The zero-order valence-electron chi connectivity index (χ0n) is 35.8. The summed E-state index contributed by atoms with van der Waals surface area (Å²) in [6.45, 7) is 6.63. The third-order valence-corrected chi connectivity index (χ3v) is 10.6. The van der Waals surface area contributed by atoms with Crippen molar-refractivity contribution in [1.29, 1.82) is 0 Å². The molecule has 1 atom stereocenters. The van der Waals surface area contributed by atoms with Crippen LogP contribution in [0.25, 0.3) is 0 Å². The summed E-state index contributed by atoms with van der Waals surface area (Å²) in [6.07, 6.45) is 43.7. The maximum atomic E-state index is 12.7.